The van der Waals surface area contributed by atoms with Crippen molar-refractivity contribution in [1.29, 1.82) is 0 Å². The lowest BCUT2D eigenvalue weighted by atomic mass is 10.1. The number of fused-ring (bicyclic) bond motifs is 1. The molecule has 0 amide bonds. The predicted molar refractivity (Wildman–Crippen MR) is 121 cm³/mol. The van der Waals surface area contributed by atoms with E-state index in [4.69, 9.17) is 18.6 Å². The van der Waals surface area contributed by atoms with Crippen LogP contribution in [-0.4, -0.2) is 12.6 Å². The van der Waals surface area contributed by atoms with Crippen LogP contribution in [0.1, 0.15) is 28.6 Å². The van der Waals surface area contributed by atoms with Crippen LogP contribution in [0, 0.1) is 13.8 Å². The number of hydrogen-bond donors (Lipinski definition) is 0. The maximum atomic E-state index is 13.1. The fourth-order valence-electron chi connectivity index (χ4n) is 3.33. The molecule has 0 N–H and O–H groups in total. The molecule has 4 aromatic rings. The molecule has 0 fully saturated rings. The SMILES string of the molecule is CCOc1ccccc1Oc1c(C)oc2cc(OC(=O)c3ccccc3C)ccc2c1=O. The van der Waals surface area contributed by atoms with E-state index in [2.05, 4.69) is 0 Å². The molecule has 0 aliphatic heterocycles. The van der Waals surface area contributed by atoms with Gasteiger partial charge in [0.15, 0.2) is 11.5 Å². The van der Waals surface area contributed by atoms with Crippen LogP contribution in [0.5, 0.6) is 23.0 Å². The van der Waals surface area contributed by atoms with E-state index < -0.39 is 5.97 Å². The predicted octanol–water partition coefficient (Wildman–Crippen LogP) is 5.82. The number of hydrogen-bond acceptors (Lipinski definition) is 6. The minimum absolute atomic E-state index is 0.0781. The zero-order valence-corrected chi connectivity index (χ0v) is 18.0. The summed E-state index contributed by atoms with van der Waals surface area (Å²) in [5.41, 5.74) is 1.26. The second kappa shape index (κ2) is 8.98. The Morgan fingerprint density at radius 2 is 1.66 bits per heavy atom. The first-order valence-corrected chi connectivity index (χ1v) is 10.2. The van der Waals surface area contributed by atoms with Crippen molar-refractivity contribution in [3.63, 3.8) is 0 Å². The van der Waals surface area contributed by atoms with Gasteiger partial charge in [-0.25, -0.2) is 4.79 Å². The number of ether oxygens (including phenoxy) is 3. The Labute approximate surface area is 185 Å². The summed E-state index contributed by atoms with van der Waals surface area (Å²) >= 11 is 0. The highest BCUT2D eigenvalue weighted by molar-refractivity contribution is 5.93. The molecular weight excluding hydrogens is 408 g/mol. The highest BCUT2D eigenvalue weighted by Gasteiger charge is 2.17. The lowest BCUT2D eigenvalue weighted by Crippen LogP contribution is -2.11. The summed E-state index contributed by atoms with van der Waals surface area (Å²) in [4.78, 5) is 25.6. The van der Waals surface area contributed by atoms with Gasteiger partial charge in [-0.05, 0) is 56.7 Å². The van der Waals surface area contributed by atoms with E-state index in [9.17, 15) is 9.59 Å². The highest BCUT2D eigenvalue weighted by atomic mass is 16.5. The maximum Gasteiger partial charge on any atom is 0.343 e. The van der Waals surface area contributed by atoms with Crippen LogP contribution >= 0.6 is 0 Å². The summed E-state index contributed by atoms with van der Waals surface area (Å²) in [7, 11) is 0. The lowest BCUT2D eigenvalue weighted by Gasteiger charge is -2.13. The number of benzene rings is 3. The second-order valence-electron chi connectivity index (χ2n) is 7.16. The Balaban J connectivity index is 1.66. The summed E-state index contributed by atoms with van der Waals surface area (Å²) in [5, 5.41) is 0.315. The van der Waals surface area contributed by atoms with Crippen molar-refractivity contribution >= 4 is 16.9 Å². The molecule has 0 atom stereocenters. The first kappa shape index (κ1) is 21.2. The van der Waals surface area contributed by atoms with Crippen molar-refractivity contribution in [3.8, 4) is 23.0 Å². The molecule has 32 heavy (non-hydrogen) atoms. The van der Waals surface area contributed by atoms with Gasteiger partial charge in [0.05, 0.1) is 17.6 Å². The summed E-state index contributed by atoms with van der Waals surface area (Å²) in [5.74, 6) is 1.14. The molecule has 0 spiro atoms. The molecule has 0 bridgehead atoms. The molecule has 1 heterocycles. The van der Waals surface area contributed by atoms with E-state index in [1.165, 1.54) is 6.07 Å². The van der Waals surface area contributed by atoms with Gasteiger partial charge in [0, 0.05) is 6.07 Å². The average Bonchev–Trinajstić information content (AvgIpc) is 2.78. The zero-order valence-electron chi connectivity index (χ0n) is 18.0. The van der Waals surface area contributed by atoms with Crippen molar-refractivity contribution in [2.24, 2.45) is 0 Å². The molecule has 0 aliphatic rings. The first-order chi connectivity index (χ1) is 15.5. The van der Waals surface area contributed by atoms with Crippen LogP contribution in [0.2, 0.25) is 0 Å². The van der Waals surface area contributed by atoms with Crippen molar-refractivity contribution in [2.45, 2.75) is 20.8 Å². The van der Waals surface area contributed by atoms with Gasteiger partial charge in [-0.2, -0.15) is 0 Å². The summed E-state index contributed by atoms with van der Waals surface area (Å²) in [6, 6.07) is 18.9. The third-order valence-electron chi connectivity index (χ3n) is 4.92. The molecule has 6 nitrogen and oxygen atoms in total. The largest absolute Gasteiger partial charge is 0.490 e. The summed E-state index contributed by atoms with van der Waals surface area (Å²) in [6.45, 7) is 5.82. The first-order valence-electron chi connectivity index (χ1n) is 10.2. The number of para-hydroxylation sites is 2. The molecule has 4 rings (SSSR count). The Morgan fingerprint density at radius 1 is 0.938 bits per heavy atom. The molecule has 0 radical (unpaired) electrons. The maximum absolute atomic E-state index is 13.1. The standard InChI is InChI=1S/C26H22O6/c1-4-29-21-11-7-8-12-22(21)32-25-17(3)30-23-15-18(13-14-20(23)24(25)27)31-26(28)19-10-6-5-9-16(19)2/h5-15H,4H2,1-3H3. The quantitative estimate of drug-likeness (QED) is 0.283. The van der Waals surface area contributed by atoms with Crippen LogP contribution in [0.3, 0.4) is 0 Å². The molecule has 0 saturated carbocycles. The van der Waals surface area contributed by atoms with Crippen molar-refractivity contribution < 1.29 is 23.4 Å². The van der Waals surface area contributed by atoms with Crippen LogP contribution in [0.4, 0.5) is 0 Å². The van der Waals surface area contributed by atoms with Crippen LogP contribution in [0.25, 0.3) is 11.0 Å². The molecule has 1 aromatic heterocycles. The Morgan fingerprint density at radius 3 is 2.41 bits per heavy atom. The van der Waals surface area contributed by atoms with E-state index >= 15 is 0 Å². The van der Waals surface area contributed by atoms with E-state index in [0.717, 1.165) is 5.56 Å². The van der Waals surface area contributed by atoms with Gasteiger partial charge >= 0.3 is 5.97 Å². The van der Waals surface area contributed by atoms with E-state index in [-0.39, 0.29) is 16.9 Å². The number of esters is 1. The topological polar surface area (TPSA) is 75.0 Å². The second-order valence-corrected chi connectivity index (χ2v) is 7.16. The average molecular weight is 430 g/mol. The molecule has 0 saturated heterocycles. The molecule has 3 aromatic carbocycles. The van der Waals surface area contributed by atoms with Crippen molar-refractivity contribution in [1.82, 2.24) is 0 Å². The van der Waals surface area contributed by atoms with Crippen LogP contribution in [0.15, 0.2) is 75.9 Å². The lowest BCUT2D eigenvalue weighted by molar-refractivity contribution is 0.0734. The highest BCUT2D eigenvalue weighted by Crippen LogP contribution is 2.33. The van der Waals surface area contributed by atoms with Crippen molar-refractivity contribution in [2.75, 3.05) is 6.61 Å². The number of carbonyl (C=O) groups excluding carboxylic acids is 1. The van der Waals surface area contributed by atoms with Gasteiger partial charge in [-0.15, -0.1) is 0 Å². The van der Waals surface area contributed by atoms with E-state index in [1.807, 2.05) is 32.0 Å². The molecule has 0 unspecified atom stereocenters. The minimum Gasteiger partial charge on any atom is -0.490 e. The molecule has 162 valence electrons. The number of carbonyl (C=O) groups is 1. The fraction of sp³-hybridized carbons (Fsp3) is 0.154. The van der Waals surface area contributed by atoms with Gasteiger partial charge in [-0.3, -0.25) is 4.79 Å². The molecular formula is C26H22O6. The fourth-order valence-corrected chi connectivity index (χ4v) is 3.33. The number of aryl methyl sites for hydroxylation is 2. The zero-order chi connectivity index (χ0) is 22.7. The van der Waals surface area contributed by atoms with E-state index in [0.29, 0.717) is 40.4 Å². The normalized spacial score (nSPS) is 10.7. The monoisotopic (exact) mass is 430 g/mol. The van der Waals surface area contributed by atoms with Crippen LogP contribution in [-0.2, 0) is 0 Å². The third kappa shape index (κ3) is 4.21. The Kier molecular flexibility index (Phi) is 5.94. The van der Waals surface area contributed by atoms with Gasteiger partial charge in [-0.1, -0.05) is 30.3 Å². The van der Waals surface area contributed by atoms with Gasteiger partial charge < -0.3 is 18.6 Å². The summed E-state index contributed by atoms with van der Waals surface area (Å²) < 4.78 is 22.8. The smallest absolute Gasteiger partial charge is 0.343 e. The van der Waals surface area contributed by atoms with Gasteiger partial charge in [0.25, 0.3) is 0 Å². The van der Waals surface area contributed by atoms with Crippen molar-refractivity contribution in [3.05, 3.63) is 93.8 Å². The molecule has 6 heteroatoms. The third-order valence-corrected chi connectivity index (χ3v) is 4.92. The molecule has 0 aliphatic carbocycles. The Hall–Kier alpha value is -4.06. The number of rotatable bonds is 6. The Bertz CT molecular complexity index is 1350. The van der Waals surface area contributed by atoms with Gasteiger partial charge in [0.2, 0.25) is 11.2 Å². The van der Waals surface area contributed by atoms with Gasteiger partial charge in [0.1, 0.15) is 17.1 Å². The van der Waals surface area contributed by atoms with Crippen LogP contribution < -0.4 is 19.6 Å². The minimum atomic E-state index is -0.478. The summed E-state index contributed by atoms with van der Waals surface area (Å²) in [6.07, 6.45) is 0. The van der Waals surface area contributed by atoms with E-state index in [1.54, 1.807) is 49.4 Å².